The zero-order chi connectivity index (χ0) is 18.9. The van der Waals surface area contributed by atoms with Crippen molar-refractivity contribution in [2.75, 3.05) is 0 Å². The molecule has 5 heteroatoms. The summed E-state index contributed by atoms with van der Waals surface area (Å²) in [4.78, 5) is 0. The molecule has 0 amide bonds. The topological polar surface area (TPSA) is 9.23 Å². The van der Waals surface area contributed by atoms with Crippen LogP contribution >= 0.6 is 7.92 Å². The number of para-hydroxylation sites is 1. The lowest BCUT2D eigenvalue weighted by Gasteiger charge is -2.31. The second-order valence-corrected chi connectivity index (χ2v) is 10.5. The molecule has 0 aromatic heterocycles. The lowest BCUT2D eigenvalue weighted by atomic mass is 10.1. The summed E-state index contributed by atoms with van der Waals surface area (Å²) in [5, 5.41) is 1.41. The van der Waals surface area contributed by atoms with Crippen molar-refractivity contribution in [2.24, 2.45) is 0 Å². The second kappa shape index (κ2) is 7.08. The highest BCUT2D eigenvalue weighted by molar-refractivity contribution is 7.68. The molecule has 0 bridgehead atoms. The van der Waals surface area contributed by atoms with Crippen molar-refractivity contribution < 1.29 is 17.9 Å². The van der Waals surface area contributed by atoms with Gasteiger partial charge in [-0.1, -0.05) is 63.3 Å². The molecule has 2 aromatic carbocycles. The molecule has 1 aliphatic rings. The molecule has 1 heterocycles. The summed E-state index contributed by atoms with van der Waals surface area (Å²) in [6.45, 7) is 6.70. The third kappa shape index (κ3) is 4.12. The van der Waals surface area contributed by atoms with Crippen molar-refractivity contribution in [1.82, 2.24) is 0 Å². The van der Waals surface area contributed by atoms with Crippen molar-refractivity contribution in [2.45, 2.75) is 44.4 Å². The Morgan fingerprint density at radius 2 is 1.65 bits per heavy atom. The summed E-state index contributed by atoms with van der Waals surface area (Å²) in [6.07, 6.45) is 0.301. The van der Waals surface area contributed by atoms with E-state index in [0.717, 1.165) is 29.9 Å². The molecule has 1 nitrogen and oxygen atoms in total. The number of benzene rings is 2. The number of hydrogen-bond acceptors (Lipinski definition) is 1. The van der Waals surface area contributed by atoms with E-state index in [1.165, 1.54) is 17.4 Å². The number of hydrogen-bond donors (Lipinski definition) is 0. The Morgan fingerprint density at radius 1 is 1.00 bits per heavy atom. The third-order valence-electron chi connectivity index (χ3n) is 4.28. The lowest BCUT2D eigenvalue weighted by Crippen LogP contribution is -2.23. The SMILES string of the molecule is CC(C)(C)P1c2ccccc2O[C@H]1C/C=C\c1ccc(C(F)(F)F)cc1. The molecule has 0 N–H and O–H groups in total. The van der Waals surface area contributed by atoms with Crippen molar-refractivity contribution in [3.05, 3.63) is 65.7 Å². The second-order valence-electron chi connectivity index (χ2n) is 7.34. The van der Waals surface area contributed by atoms with Crippen LogP contribution in [0.3, 0.4) is 0 Å². The van der Waals surface area contributed by atoms with E-state index in [2.05, 4.69) is 26.8 Å². The Morgan fingerprint density at radius 3 is 2.27 bits per heavy atom. The maximum atomic E-state index is 12.6. The van der Waals surface area contributed by atoms with Crippen LogP contribution in [0.15, 0.2) is 54.6 Å². The quantitative estimate of drug-likeness (QED) is 0.559. The van der Waals surface area contributed by atoms with Crippen LogP contribution in [0, 0.1) is 0 Å². The molecule has 0 aliphatic carbocycles. The van der Waals surface area contributed by atoms with E-state index in [0.29, 0.717) is 0 Å². The van der Waals surface area contributed by atoms with Gasteiger partial charge in [-0.25, -0.2) is 0 Å². The average molecular weight is 378 g/mol. The maximum Gasteiger partial charge on any atom is 0.416 e. The summed E-state index contributed by atoms with van der Waals surface area (Å²) < 4.78 is 44.1. The maximum absolute atomic E-state index is 12.6. The van der Waals surface area contributed by atoms with Gasteiger partial charge in [0, 0.05) is 11.7 Å². The van der Waals surface area contributed by atoms with Crippen molar-refractivity contribution in [3.63, 3.8) is 0 Å². The summed E-state index contributed by atoms with van der Waals surface area (Å²) in [7, 11) is -0.489. The number of alkyl halides is 3. The van der Waals surface area contributed by atoms with E-state index in [1.54, 1.807) is 0 Å². The molecular weight excluding hydrogens is 356 g/mol. The van der Waals surface area contributed by atoms with Gasteiger partial charge in [-0.05, 0) is 36.8 Å². The van der Waals surface area contributed by atoms with Gasteiger partial charge < -0.3 is 4.74 Å². The Kier molecular flexibility index (Phi) is 5.16. The first-order valence-electron chi connectivity index (χ1n) is 8.55. The third-order valence-corrected chi connectivity index (χ3v) is 7.51. The van der Waals surface area contributed by atoms with Gasteiger partial charge in [0.25, 0.3) is 0 Å². The van der Waals surface area contributed by atoms with Crippen LogP contribution < -0.4 is 10.0 Å². The normalized spacial score (nSPS) is 20.2. The minimum atomic E-state index is -4.30. The van der Waals surface area contributed by atoms with E-state index in [1.807, 2.05) is 30.4 Å². The standard InChI is InChI=1S/C21H22F3OP/c1-20(2,3)26-18-9-5-4-8-17(18)25-19(26)10-6-7-15-11-13-16(14-12-15)21(22,23)24/h4-9,11-14,19H,10H2,1-3H3/b7-6-/t19-,26?/m1/s1. The van der Waals surface area contributed by atoms with Gasteiger partial charge in [-0.15, -0.1) is 0 Å². The van der Waals surface area contributed by atoms with Crippen LogP contribution in [0.5, 0.6) is 5.75 Å². The highest BCUT2D eigenvalue weighted by atomic mass is 31.1. The molecule has 0 radical (unpaired) electrons. The molecule has 0 saturated heterocycles. The summed E-state index contributed by atoms with van der Waals surface area (Å²) in [5.74, 6) is 1.05. The molecular formula is C21H22F3OP. The summed E-state index contributed by atoms with van der Waals surface area (Å²) in [5.41, 5.74) is 0.133. The number of halogens is 3. The van der Waals surface area contributed by atoms with E-state index in [4.69, 9.17) is 4.74 Å². The minimum Gasteiger partial charge on any atom is -0.485 e. The number of fused-ring (bicyclic) bond motifs is 1. The van der Waals surface area contributed by atoms with Gasteiger partial charge >= 0.3 is 6.18 Å². The molecule has 0 fully saturated rings. The van der Waals surface area contributed by atoms with Crippen LogP contribution in [-0.4, -0.2) is 11.0 Å². The molecule has 26 heavy (non-hydrogen) atoms. The van der Waals surface area contributed by atoms with Crippen molar-refractivity contribution >= 4 is 19.3 Å². The van der Waals surface area contributed by atoms with Crippen molar-refractivity contribution in [1.29, 1.82) is 0 Å². The van der Waals surface area contributed by atoms with Gasteiger partial charge in [0.15, 0.2) is 0 Å². The molecule has 0 spiro atoms. The van der Waals surface area contributed by atoms with Gasteiger partial charge in [0.2, 0.25) is 0 Å². The number of ether oxygens (including phenoxy) is 1. The van der Waals surface area contributed by atoms with Crippen LogP contribution in [0.1, 0.15) is 38.3 Å². The van der Waals surface area contributed by atoms with Gasteiger partial charge in [0.1, 0.15) is 11.6 Å². The van der Waals surface area contributed by atoms with Crippen molar-refractivity contribution in [3.8, 4) is 5.75 Å². The monoisotopic (exact) mass is 378 g/mol. The Labute approximate surface area is 153 Å². The van der Waals surface area contributed by atoms with Crippen LogP contribution in [-0.2, 0) is 6.18 Å². The number of rotatable bonds is 3. The first-order valence-corrected chi connectivity index (χ1v) is 9.96. The van der Waals surface area contributed by atoms with E-state index in [9.17, 15) is 13.2 Å². The molecule has 2 atom stereocenters. The largest absolute Gasteiger partial charge is 0.485 e. The zero-order valence-corrected chi connectivity index (χ0v) is 15.9. The predicted octanol–water partition coefficient (Wildman–Crippen LogP) is 6.43. The van der Waals surface area contributed by atoms with E-state index in [-0.39, 0.29) is 11.0 Å². The predicted molar refractivity (Wildman–Crippen MR) is 102 cm³/mol. The van der Waals surface area contributed by atoms with E-state index >= 15 is 0 Å². The van der Waals surface area contributed by atoms with Gasteiger partial charge in [-0.3, -0.25) is 0 Å². The van der Waals surface area contributed by atoms with Crippen LogP contribution in [0.25, 0.3) is 6.08 Å². The fourth-order valence-corrected chi connectivity index (χ4v) is 6.22. The highest BCUT2D eigenvalue weighted by Crippen LogP contribution is 2.59. The van der Waals surface area contributed by atoms with Gasteiger partial charge in [-0.2, -0.15) is 13.2 Å². The molecule has 138 valence electrons. The minimum absolute atomic E-state index is 0.0908. The fourth-order valence-electron chi connectivity index (χ4n) is 3.16. The van der Waals surface area contributed by atoms with E-state index < -0.39 is 19.7 Å². The molecule has 2 aromatic rings. The fraction of sp³-hybridized carbons (Fsp3) is 0.333. The lowest BCUT2D eigenvalue weighted by molar-refractivity contribution is -0.137. The Bertz CT molecular complexity index is 788. The smallest absolute Gasteiger partial charge is 0.416 e. The average Bonchev–Trinajstić information content (AvgIpc) is 2.93. The molecule has 0 saturated carbocycles. The highest BCUT2D eigenvalue weighted by Gasteiger charge is 2.40. The van der Waals surface area contributed by atoms with Crippen LogP contribution in [0.2, 0.25) is 0 Å². The summed E-state index contributed by atoms with van der Waals surface area (Å²) >= 11 is 0. The first kappa shape index (κ1) is 19.0. The first-order chi connectivity index (χ1) is 12.2. The van der Waals surface area contributed by atoms with Gasteiger partial charge in [0.05, 0.1) is 5.56 Å². The summed E-state index contributed by atoms with van der Waals surface area (Å²) in [6, 6.07) is 13.4. The molecule has 1 aliphatic heterocycles. The Balaban J connectivity index is 1.72. The molecule has 3 rings (SSSR count). The van der Waals surface area contributed by atoms with Crippen LogP contribution in [0.4, 0.5) is 13.2 Å². The zero-order valence-electron chi connectivity index (χ0n) is 15.0. The molecule has 1 unspecified atom stereocenters. The Hall–Kier alpha value is -1.80.